The van der Waals surface area contributed by atoms with Crippen molar-refractivity contribution in [3.63, 3.8) is 0 Å². The van der Waals surface area contributed by atoms with Gasteiger partial charge in [-0.05, 0) is 19.1 Å². The van der Waals surface area contributed by atoms with Gasteiger partial charge in [-0.15, -0.1) is 0 Å². The number of amides is 2. The van der Waals surface area contributed by atoms with E-state index in [2.05, 4.69) is 10.3 Å². The molecule has 0 saturated carbocycles. The lowest BCUT2D eigenvalue weighted by Gasteiger charge is -2.36. The highest BCUT2D eigenvalue weighted by Gasteiger charge is 2.35. The van der Waals surface area contributed by atoms with Crippen LogP contribution in [-0.2, 0) is 11.3 Å². The fourth-order valence-electron chi connectivity index (χ4n) is 1.78. The number of hydrogen-bond acceptors (Lipinski definition) is 3. The van der Waals surface area contributed by atoms with E-state index in [4.69, 9.17) is 5.11 Å². The Hall–Kier alpha value is -2.11. The number of pyridine rings is 1. The minimum atomic E-state index is -0.848. The van der Waals surface area contributed by atoms with Gasteiger partial charge in [-0.25, -0.2) is 4.79 Å². The number of nitrogens with zero attached hydrogens (tertiary/aromatic N) is 2. The molecule has 0 bridgehead atoms. The number of rotatable bonds is 3. The molecule has 6 nitrogen and oxygen atoms in total. The van der Waals surface area contributed by atoms with Crippen molar-refractivity contribution >= 4 is 12.0 Å². The van der Waals surface area contributed by atoms with Gasteiger partial charge in [0.05, 0.1) is 18.2 Å². The second-order valence-electron chi connectivity index (χ2n) is 4.37. The number of carbonyl (C=O) groups excluding carboxylic acids is 1. The fraction of sp³-hybridized carbons (Fsp3) is 0.417. The predicted molar refractivity (Wildman–Crippen MR) is 63.9 cm³/mol. The lowest BCUT2D eigenvalue weighted by atomic mass is 10.0. The first-order chi connectivity index (χ1) is 8.56. The fourth-order valence-corrected chi connectivity index (χ4v) is 1.78. The second-order valence-corrected chi connectivity index (χ2v) is 4.37. The molecule has 6 heteroatoms. The molecule has 0 atom stereocenters. The standard InChI is InChI=1S/C12H15N3O3/c1-8-3-2-4-10(14-8)5-13-12(18)15-6-9(7-15)11(16)17/h2-4,9H,5-7H2,1H3,(H,13,18)(H,16,17). The molecule has 0 aliphatic carbocycles. The van der Waals surface area contributed by atoms with Crippen LogP contribution in [0.3, 0.4) is 0 Å². The minimum absolute atomic E-state index is 0.240. The highest BCUT2D eigenvalue weighted by atomic mass is 16.4. The Morgan fingerprint density at radius 2 is 2.22 bits per heavy atom. The molecule has 1 aromatic heterocycles. The Morgan fingerprint density at radius 1 is 1.50 bits per heavy atom. The number of aryl methyl sites for hydroxylation is 1. The summed E-state index contributed by atoms with van der Waals surface area (Å²) in [7, 11) is 0. The number of hydrogen-bond donors (Lipinski definition) is 2. The van der Waals surface area contributed by atoms with Gasteiger partial charge in [0.1, 0.15) is 0 Å². The molecule has 1 aliphatic rings. The molecule has 0 aromatic carbocycles. The maximum absolute atomic E-state index is 11.6. The van der Waals surface area contributed by atoms with Crippen LogP contribution in [0.1, 0.15) is 11.4 Å². The van der Waals surface area contributed by atoms with E-state index in [1.54, 1.807) is 0 Å². The Kier molecular flexibility index (Phi) is 3.45. The van der Waals surface area contributed by atoms with Gasteiger partial charge < -0.3 is 15.3 Å². The summed E-state index contributed by atoms with van der Waals surface area (Å²) in [5, 5.41) is 11.4. The summed E-state index contributed by atoms with van der Waals surface area (Å²) < 4.78 is 0. The van der Waals surface area contributed by atoms with E-state index in [9.17, 15) is 9.59 Å². The maximum atomic E-state index is 11.6. The number of carboxylic acids is 1. The Balaban J connectivity index is 1.78. The van der Waals surface area contributed by atoms with E-state index in [1.165, 1.54) is 4.90 Å². The van der Waals surface area contributed by atoms with Gasteiger partial charge in [0.2, 0.25) is 0 Å². The van der Waals surface area contributed by atoms with Crippen LogP contribution in [0, 0.1) is 12.8 Å². The first-order valence-corrected chi connectivity index (χ1v) is 5.74. The number of carboxylic acid groups (broad SMARTS) is 1. The number of urea groups is 1. The summed E-state index contributed by atoms with van der Waals surface area (Å²) in [6.45, 7) is 2.80. The van der Waals surface area contributed by atoms with Gasteiger partial charge >= 0.3 is 12.0 Å². The van der Waals surface area contributed by atoms with E-state index >= 15 is 0 Å². The zero-order chi connectivity index (χ0) is 13.1. The third-order valence-corrected chi connectivity index (χ3v) is 2.88. The van der Waals surface area contributed by atoms with Gasteiger partial charge in [-0.2, -0.15) is 0 Å². The second kappa shape index (κ2) is 5.03. The van der Waals surface area contributed by atoms with E-state index in [0.29, 0.717) is 6.54 Å². The van der Waals surface area contributed by atoms with Crippen LogP contribution in [0.5, 0.6) is 0 Å². The number of likely N-dealkylation sites (tertiary alicyclic amines) is 1. The molecule has 0 radical (unpaired) electrons. The molecule has 0 unspecified atom stereocenters. The Bertz CT molecular complexity index is 469. The Morgan fingerprint density at radius 3 is 2.83 bits per heavy atom. The quantitative estimate of drug-likeness (QED) is 0.822. The van der Waals surface area contributed by atoms with Gasteiger partial charge in [0.25, 0.3) is 0 Å². The average Bonchev–Trinajstić information content (AvgIpc) is 2.24. The van der Waals surface area contributed by atoms with Crippen molar-refractivity contribution in [3.8, 4) is 0 Å². The van der Waals surface area contributed by atoms with Crippen molar-refractivity contribution in [1.29, 1.82) is 0 Å². The highest BCUT2D eigenvalue weighted by molar-refractivity contribution is 5.79. The molecule has 1 aliphatic heterocycles. The number of carbonyl (C=O) groups is 2. The zero-order valence-corrected chi connectivity index (χ0v) is 10.1. The summed E-state index contributed by atoms with van der Waals surface area (Å²) in [5.41, 5.74) is 1.69. The van der Waals surface area contributed by atoms with E-state index in [-0.39, 0.29) is 19.1 Å². The largest absolute Gasteiger partial charge is 0.481 e. The molecule has 2 heterocycles. The topological polar surface area (TPSA) is 82.5 Å². The molecule has 2 N–H and O–H groups in total. The molecule has 1 fully saturated rings. The van der Waals surface area contributed by atoms with Gasteiger partial charge in [0, 0.05) is 18.8 Å². The molecule has 18 heavy (non-hydrogen) atoms. The third kappa shape index (κ3) is 2.77. The summed E-state index contributed by atoms with van der Waals surface area (Å²) in [4.78, 5) is 28.0. The number of aliphatic carboxylic acids is 1. The molecule has 2 amide bonds. The monoisotopic (exact) mass is 249 g/mol. The van der Waals surface area contributed by atoms with Crippen molar-refractivity contribution in [3.05, 3.63) is 29.6 Å². The van der Waals surface area contributed by atoms with Crippen LogP contribution in [-0.4, -0.2) is 40.1 Å². The van der Waals surface area contributed by atoms with E-state index in [0.717, 1.165) is 11.4 Å². The molecule has 0 spiro atoms. The zero-order valence-electron chi connectivity index (χ0n) is 10.1. The van der Waals surface area contributed by atoms with Crippen molar-refractivity contribution in [2.24, 2.45) is 5.92 Å². The first kappa shape index (κ1) is 12.3. The smallest absolute Gasteiger partial charge is 0.317 e. The third-order valence-electron chi connectivity index (χ3n) is 2.88. The van der Waals surface area contributed by atoms with Crippen molar-refractivity contribution < 1.29 is 14.7 Å². The van der Waals surface area contributed by atoms with Crippen LogP contribution in [0.2, 0.25) is 0 Å². The minimum Gasteiger partial charge on any atom is -0.481 e. The Labute approximate surface area is 105 Å². The van der Waals surface area contributed by atoms with Gasteiger partial charge in [0.15, 0.2) is 0 Å². The molecule has 1 saturated heterocycles. The lowest BCUT2D eigenvalue weighted by molar-refractivity contribution is -0.146. The normalized spacial score (nSPS) is 15.1. The van der Waals surface area contributed by atoms with Gasteiger partial charge in [-0.3, -0.25) is 9.78 Å². The predicted octanol–water partition coefficient (Wildman–Crippen LogP) is 0.616. The molecule has 96 valence electrons. The van der Waals surface area contributed by atoms with Crippen LogP contribution in [0.4, 0.5) is 4.79 Å². The van der Waals surface area contributed by atoms with Crippen LogP contribution < -0.4 is 5.32 Å². The van der Waals surface area contributed by atoms with Crippen LogP contribution in [0.15, 0.2) is 18.2 Å². The van der Waals surface area contributed by atoms with E-state index < -0.39 is 11.9 Å². The lowest BCUT2D eigenvalue weighted by Crippen LogP contribution is -2.56. The number of aromatic nitrogens is 1. The molecule has 1 aromatic rings. The highest BCUT2D eigenvalue weighted by Crippen LogP contribution is 2.15. The molecular formula is C12H15N3O3. The molecular weight excluding hydrogens is 234 g/mol. The van der Waals surface area contributed by atoms with Gasteiger partial charge in [-0.1, -0.05) is 6.07 Å². The summed E-state index contributed by atoms with van der Waals surface area (Å²) in [6, 6.07) is 5.37. The summed E-state index contributed by atoms with van der Waals surface area (Å²) >= 11 is 0. The summed E-state index contributed by atoms with van der Waals surface area (Å²) in [5.74, 6) is -1.27. The molecule has 2 rings (SSSR count). The first-order valence-electron chi connectivity index (χ1n) is 5.74. The van der Waals surface area contributed by atoms with Crippen molar-refractivity contribution in [2.45, 2.75) is 13.5 Å². The number of nitrogens with one attached hydrogen (secondary N) is 1. The average molecular weight is 249 g/mol. The van der Waals surface area contributed by atoms with E-state index in [1.807, 2.05) is 25.1 Å². The SMILES string of the molecule is Cc1cccc(CNC(=O)N2CC(C(=O)O)C2)n1. The van der Waals surface area contributed by atoms with Crippen LogP contribution in [0.25, 0.3) is 0 Å². The van der Waals surface area contributed by atoms with Crippen LogP contribution >= 0.6 is 0 Å². The van der Waals surface area contributed by atoms with Crippen molar-refractivity contribution in [2.75, 3.05) is 13.1 Å². The van der Waals surface area contributed by atoms with Crippen molar-refractivity contribution in [1.82, 2.24) is 15.2 Å². The maximum Gasteiger partial charge on any atom is 0.317 e. The summed E-state index contributed by atoms with van der Waals surface area (Å²) in [6.07, 6.45) is 0.